The molecule has 0 amide bonds. The van der Waals surface area contributed by atoms with Crippen LogP contribution in [-0.4, -0.2) is 56.1 Å². The minimum atomic E-state index is -3.58. The topological polar surface area (TPSA) is 95.9 Å². The highest BCUT2D eigenvalue weighted by Gasteiger charge is 2.32. The summed E-state index contributed by atoms with van der Waals surface area (Å²) in [6.07, 6.45) is 0.952. The number of esters is 1. The van der Waals surface area contributed by atoms with Crippen LogP contribution in [0, 0.1) is 11.8 Å². The van der Waals surface area contributed by atoms with E-state index in [1.807, 2.05) is 0 Å². The van der Waals surface area contributed by atoms with Gasteiger partial charge in [0, 0.05) is 25.7 Å². The van der Waals surface area contributed by atoms with Crippen molar-refractivity contribution < 1.29 is 23.1 Å². The molecule has 1 saturated heterocycles. The van der Waals surface area contributed by atoms with E-state index in [-0.39, 0.29) is 30.5 Å². The number of carbonyl (C=O) groups excluding carboxylic acids is 1. The lowest BCUT2D eigenvalue weighted by molar-refractivity contribution is -0.149. The van der Waals surface area contributed by atoms with Crippen molar-refractivity contribution in [1.82, 2.24) is 9.03 Å². The quantitative estimate of drug-likeness (QED) is 0.649. The van der Waals surface area contributed by atoms with Crippen molar-refractivity contribution in [2.45, 2.75) is 39.7 Å². The number of aliphatic hydroxyl groups excluding tert-OH is 1. The Hall–Kier alpha value is -0.700. The highest BCUT2D eigenvalue weighted by molar-refractivity contribution is 7.87. The van der Waals surface area contributed by atoms with Crippen molar-refractivity contribution >= 4 is 16.2 Å². The Morgan fingerprint density at radius 3 is 2.43 bits per heavy atom. The van der Waals surface area contributed by atoms with Crippen LogP contribution in [0.1, 0.15) is 33.6 Å². The lowest BCUT2D eigenvalue weighted by Crippen LogP contribution is -2.50. The van der Waals surface area contributed by atoms with Crippen molar-refractivity contribution in [3.8, 4) is 0 Å². The third kappa shape index (κ3) is 5.21. The first-order chi connectivity index (χ1) is 9.81. The Labute approximate surface area is 126 Å². The van der Waals surface area contributed by atoms with Crippen molar-refractivity contribution in [1.29, 1.82) is 0 Å². The van der Waals surface area contributed by atoms with E-state index in [1.165, 1.54) is 4.31 Å². The van der Waals surface area contributed by atoms with Crippen LogP contribution in [-0.2, 0) is 19.7 Å². The number of ether oxygens (including phenoxy) is 1. The van der Waals surface area contributed by atoms with Gasteiger partial charge < -0.3 is 9.84 Å². The molecule has 0 spiro atoms. The van der Waals surface area contributed by atoms with E-state index >= 15 is 0 Å². The van der Waals surface area contributed by atoms with Crippen molar-refractivity contribution in [3.63, 3.8) is 0 Å². The number of aliphatic hydroxyl groups is 1. The first-order valence-electron chi connectivity index (χ1n) is 7.36. The summed E-state index contributed by atoms with van der Waals surface area (Å²) in [6, 6.07) is -0.345. The van der Waals surface area contributed by atoms with Gasteiger partial charge in [-0.2, -0.15) is 17.4 Å². The summed E-state index contributed by atoms with van der Waals surface area (Å²) in [7, 11) is -3.58. The molecule has 0 aliphatic carbocycles. The summed E-state index contributed by atoms with van der Waals surface area (Å²) in [5.41, 5.74) is 0. The molecule has 8 heteroatoms. The van der Waals surface area contributed by atoms with Crippen LogP contribution < -0.4 is 4.72 Å². The maximum absolute atomic E-state index is 12.2. The molecule has 0 bridgehead atoms. The summed E-state index contributed by atoms with van der Waals surface area (Å²) in [4.78, 5) is 11.6. The summed E-state index contributed by atoms with van der Waals surface area (Å²) in [5.74, 6) is -0.619. The molecule has 1 aliphatic heterocycles. The Morgan fingerprint density at radius 1 is 1.38 bits per heavy atom. The van der Waals surface area contributed by atoms with Crippen LogP contribution in [0.5, 0.6) is 0 Å². The van der Waals surface area contributed by atoms with Crippen LogP contribution in [0.3, 0.4) is 0 Å². The second-order valence-electron chi connectivity index (χ2n) is 5.50. The van der Waals surface area contributed by atoms with Gasteiger partial charge in [0.2, 0.25) is 0 Å². The largest absolute Gasteiger partial charge is 0.466 e. The molecule has 1 aliphatic rings. The number of piperidine rings is 1. The average Bonchev–Trinajstić information content (AvgIpc) is 2.46. The fraction of sp³-hybridized carbons (Fsp3) is 0.923. The van der Waals surface area contributed by atoms with Gasteiger partial charge in [0.25, 0.3) is 10.2 Å². The number of nitrogens with one attached hydrogen (secondary N) is 1. The van der Waals surface area contributed by atoms with Crippen LogP contribution in [0.15, 0.2) is 0 Å². The SMILES string of the molecule is CCOC(=O)C1CCN(S(=O)(=O)NC(C)C(C)CO)CC1. The molecule has 21 heavy (non-hydrogen) atoms. The predicted octanol–water partition coefficient (Wildman–Crippen LogP) is 0.113. The van der Waals surface area contributed by atoms with Gasteiger partial charge in [-0.15, -0.1) is 0 Å². The highest BCUT2D eigenvalue weighted by Crippen LogP contribution is 2.20. The number of hydrogen-bond donors (Lipinski definition) is 2. The molecule has 124 valence electrons. The second kappa shape index (κ2) is 8.07. The third-order valence-electron chi connectivity index (χ3n) is 3.89. The molecular weight excluding hydrogens is 296 g/mol. The monoisotopic (exact) mass is 322 g/mol. The zero-order valence-corrected chi connectivity index (χ0v) is 13.7. The number of carbonyl (C=O) groups is 1. The molecule has 0 aromatic carbocycles. The van der Waals surface area contributed by atoms with E-state index in [1.54, 1.807) is 20.8 Å². The summed E-state index contributed by atoms with van der Waals surface area (Å²) < 4.78 is 33.4. The maximum atomic E-state index is 12.2. The lowest BCUT2D eigenvalue weighted by atomic mass is 9.98. The summed E-state index contributed by atoms with van der Waals surface area (Å²) >= 11 is 0. The van der Waals surface area contributed by atoms with Crippen molar-refractivity contribution in [3.05, 3.63) is 0 Å². The molecule has 2 unspecified atom stereocenters. The lowest BCUT2D eigenvalue weighted by Gasteiger charge is -2.31. The van der Waals surface area contributed by atoms with Gasteiger partial charge in [0.1, 0.15) is 0 Å². The van der Waals surface area contributed by atoms with E-state index in [9.17, 15) is 13.2 Å². The van der Waals surface area contributed by atoms with Gasteiger partial charge in [0.15, 0.2) is 0 Å². The maximum Gasteiger partial charge on any atom is 0.309 e. The van der Waals surface area contributed by atoms with Gasteiger partial charge in [-0.05, 0) is 32.6 Å². The Balaban J connectivity index is 2.54. The van der Waals surface area contributed by atoms with Crippen molar-refractivity contribution in [2.75, 3.05) is 26.3 Å². The first kappa shape index (κ1) is 18.3. The molecule has 1 fully saturated rings. The summed E-state index contributed by atoms with van der Waals surface area (Å²) in [5, 5.41) is 9.06. The minimum Gasteiger partial charge on any atom is -0.466 e. The number of nitrogens with zero attached hydrogens (tertiary/aromatic N) is 1. The Kier molecular flexibility index (Phi) is 7.05. The molecule has 0 aromatic heterocycles. The third-order valence-corrected chi connectivity index (χ3v) is 5.60. The fourth-order valence-corrected chi connectivity index (χ4v) is 3.72. The van der Waals surface area contributed by atoms with Crippen LogP contribution in [0.2, 0.25) is 0 Å². The smallest absolute Gasteiger partial charge is 0.309 e. The van der Waals surface area contributed by atoms with Crippen molar-refractivity contribution in [2.24, 2.45) is 11.8 Å². The Morgan fingerprint density at radius 2 is 1.95 bits per heavy atom. The highest BCUT2D eigenvalue weighted by atomic mass is 32.2. The Bertz CT molecular complexity index is 432. The van der Waals surface area contributed by atoms with E-state index in [0.717, 1.165) is 0 Å². The average molecular weight is 322 g/mol. The number of rotatable bonds is 7. The molecule has 1 rings (SSSR count). The standard InChI is InChI=1S/C13H26N2O5S/c1-4-20-13(17)12-5-7-15(8-6-12)21(18,19)14-11(3)10(2)9-16/h10-12,14,16H,4-9H2,1-3H3. The first-order valence-corrected chi connectivity index (χ1v) is 8.80. The molecule has 1 heterocycles. The molecule has 0 aromatic rings. The van der Waals surface area contributed by atoms with Gasteiger partial charge >= 0.3 is 5.97 Å². The molecule has 0 radical (unpaired) electrons. The van der Waals surface area contributed by atoms with Gasteiger partial charge in [-0.25, -0.2) is 0 Å². The van der Waals surface area contributed by atoms with Crippen LogP contribution in [0.25, 0.3) is 0 Å². The van der Waals surface area contributed by atoms with Crippen LogP contribution in [0.4, 0.5) is 0 Å². The number of hydrogen-bond acceptors (Lipinski definition) is 5. The van der Waals surface area contributed by atoms with Crippen LogP contribution >= 0.6 is 0 Å². The zero-order chi connectivity index (χ0) is 16.0. The molecule has 7 nitrogen and oxygen atoms in total. The summed E-state index contributed by atoms with van der Waals surface area (Å²) in [6.45, 7) is 6.14. The molecule has 2 N–H and O–H groups in total. The van der Waals surface area contributed by atoms with Gasteiger partial charge in [0.05, 0.1) is 12.5 Å². The van der Waals surface area contributed by atoms with Gasteiger partial charge in [-0.3, -0.25) is 4.79 Å². The van der Waals surface area contributed by atoms with E-state index in [4.69, 9.17) is 9.84 Å². The van der Waals surface area contributed by atoms with E-state index in [0.29, 0.717) is 32.5 Å². The molecule has 2 atom stereocenters. The molecular formula is C13H26N2O5S. The normalized spacial score (nSPS) is 21.0. The second-order valence-corrected chi connectivity index (χ2v) is 7.20. The minimum absolute atomic E-state index is 0.0748. The van der Waals surface area contributed by atoms with Gasteiger partial charge in [-0.1, -0.05) is 6.92 Å². The van der Waals surface area contributed by atoms with E-state index in [2.05, 4.69) is 4.72 Å². The van der Waals surface area contributed by atoms with E-state index < -0.39 is 10.2 Å². The zero-order valence-electron chi connectivity index (χ0n) is 12.9. The predicted molar refractivity (Wildman–Crippen MR) is 78.7 cm³/mol. The fourth-order valence-electron chi connectivity index (χ4n) is 2.18. The molecule has 0 saturated carbocycles.